The van der Waals surface area contributed by atoms with Crippen LogP contribution in [0.5, 0.6) is 0 Å². The predicted octanol–water partition coefficient (Wildman–Crippen LogP) is 4.82. The molecule has 1 aliphatic heterocycles. The normalized spacial score (nSPS) is 15.5. The Hall–Kier alpha value is -2.35. The van der Waals surface area contributed by atoms with Gasteiger partial charge in [0.05, 0.1) is 15.6 Å². The Morgan fingerprint density at radius 1 is 1.10 bits per heavy atom. The topological polar surface area (TPSA) is 79.6 Å². The van der Waals surface area contributed by atoms with Crippen LogP contribution >= 0.6 is 11.6 Å². The van der Waals surface area contributed by atoms with Crippen molar-refractivity contribution in [3.8, 4) is 0 Å². The Kier molecular flexibility index (Phi) is 5.38. The summed E-state index contributed by atoms with van der Waals surface area (Å²) in [6.45, 7) is 2.82. The molecule has 3 aromatic rings. The lowest BCUT2D eigenvalue weighted by Crippen LogP contribution is -2.35. The largest absolute Gasteiger partial charge is 0.451 e. The van der Waals surface area contributed by atoms with E-state index in [1.54, 1.807) is 43.3 Å². The van der Waals surface area contributed by atoms with E-state index in [0.717, 1.165) is 19.3 Å². The minimum Gasteiger partial charge on any atom is -0.451 e. The smallest absolute Gasteiger partial charge is 0.291 e. The van der Waals surface area contributed by atoms with Gasteiger partial charge in [-0.1, -0.05) is 30.2 Å². The van der Waals surface area contributed by atoms with Crippen LogP contribution < -0.4 is 5.32 Å². The number of aryl methyl sites for hydroxylation is 1. The van der Waals surface area contributed by atoms with Crippen LogP contribution in [-0.4, -0.2) is 31.7 Å². The van der Waals surface area contributed by atoms with Crippen LogP contribution in [0.25, 0.3) is 11.0 Å². The van der Waals surface area contributed by atoms with Gasteiger partial charge in [-0.05, 0) is 50.1 Å². The highest BCUT2D eigenvalue weighted by molar-refractivity contribution is 7.89. The SMILES string of the molecule is Cc1c(C(=O)Nc2ccccc2Cl)oc2ccc(S(=O)(=O)N3CCCCC3)cc12. The van der Waals surface area contributed by atoms with E-state index in [4.69, 9.17) is 16.0 Å². The molecule has 0 aliphatic carbocycles. The van der Waals surface area contributed by atoms with E-state index in [9.17, 15) is 13.2 Å². The van der Waals surface area contributed by atoms with Gasteiger partial charge in [0.15, 0.2) is 5.76 Å². The molecule has 1 amide bonds. The number of anilines is 1. The van der Waals surface area contributed by atoms with E-state index >= 15 is 0 Å². The highest BCUT2D eigenvalue weighted by atomic mass is 35.5. The third-order valence-corrected chi connectivity index (χ3v) is 7.41. The molecular weight excluding hydrogens is 412 g/mol. The minimum absolute atomic E-state index is 0.132. The van der Waals surface area contributed by atoms with E-state index < -0.39 is 15.9 Å². The van der Waals surface area contributed by atoms with Crippen molar-refractivity contribution >= 4 is 44.2 Å². The van der Waals surface area contributed by atoms with Gasteiger partial charge in [-0.15, -0.1) is 0 Å². The van der Waals surface area contributed by atoms with E-state index in [1.807, 2.05) is 0 Å². The summed E-state index contributed by atoms with van der Waals surface area (Å²) in [6, 6.07) is 11.6. The zero-order chi connectivity index (χ0) is 20.6. The number of amides is 1. The predicted molar refractivity (Wildman–Crippen MR) is 113 cm³/mol. The van der Waals surface area contributed by atoms with E-state index in [1.165, 1.54) is 10.4 Å². The fourth-order valence-corrected chi connectivity index (χ4v) is 5.30. The van der Waals surface area contributed by atoms with Crippen molar-refractivity contribution in [1.29, 1.82) is 0 Å². The minimum atomic E-state index is -3.56. The standard InChI is InChI=1S/C21H21ClN2O4S/c1-14-16-13-15(29(26,27)24-11-5-2-6-12-24)9-10-19(16)28-20(14)21(25)23-18-8-4-3-7-17(18)22/h3-4,7-10,13H,2,5-6,11-12H2,1H3,(H,23,25). The average molecular weight is 433 g/mol. The van der Waals surface area contributed by atoms with Crippen LogP contribution in [0.15, 0.2) is 51.8 Å². The summed E-state index contributed by atoms with van der Waals surface area (Å²) in [4.78, 5) is 12.9. The number of rotatable bonds is 4. The maximum Gasteiger partial charge on any atom is 0.291 e. The maximum absolute atomic E-state index is 13.0. The van der Waals surface area contributed by atoms with Crippen LogP contribution in [0.3, 0.4) is 0 Å². The van der Waals surface area contributed by atoms with Gasteiger partial charge < -0.3 is 9.73 Å². The molecule has 0 saturated carbocycles. The molecule has 1 aliphatic rings. The zero-order valence-corrected chi connectivity index (χ0v) is 17.5. The Balaban J connectivity index is 1.67. The summed E-state index contributed by atoms with van der Waals surface area (Å²) in [7, 11) is -3.56. The monoisotopic (exact) mass is 432 g/mol. The number of hydrogen-bond acceptors (Lipinski definition) is 4. The summed E-state index contributed by atoms with van der Waals surface area (Å²) in [5, 5.41) is 3.76. The number of piperidine rings is 1. The highest BCUT2D eigenvalue weighted by Crippen LogP contribution is 2.30. The molecule has 152 valence electrons. The number of nitrogens with one attached hydrogen (secondary N) is 1. The molecule has 4 rings (SSSR count). The molecule has 1 N–H and O–H groups in total. The van der Waals surface area contributed by atoms with Gasteiger partial charge in [0.1, 0.15) is 5.58 Å². The summed E-state index contributed by atoms with van der Waals surface area (Å²) < 4.78 is 33.2. The third-order valence-electron chi connectivity index (χ3n) is 5.19. The fourth-order valence-electron chi connectivity index (χ4n) is 3.57. The van der Waals surface area contributed by atoms with Crippen molar-refractivity contribution in [3.63, 3.8) is 0 Å². The fraction of sp³-hybridized carbons (Fsp3) is 0.286. The number of furan rings is 1. The van der Waals surface area contributed by atoms with Crippen molar-refractivity contribution in [2.75, 3.05) is 18.4 Å². The van der Waals surface area contributed by atoms with Crippen LogP contribution in [0.4, 0.5) is 5.69 Å². The summed E-state index contributed by atoms with van der Waals surface area (Å²) in [5.41, 5.74) is 1.53. The number of sulfonamides is 1. The number of carbonyl (C=O) groups is 1. The van der Waals surface area contributed by atoms with Crippen LogP contribution in [-0.2, 0) is 10.0 Å². The van der Waals surface area contributed by atoms with Crippen LogP contribution in [0.1, 0.15) is 35.4 Å². The number of halogens is 1. The average Bonchev–Trinajstić information content (AvgIpc) is 3.06. The molecule has 0 unspecified atom stereocenters. The van der Waals surface area contributed by atoms with Gasteiger partial charge in [-0.25, -0.2) is 8.42 Å². The van der Waals surface area contributed by atoms with Crippen molar-refractivity contribution in [2.24, 2.45) is 0 Å². The molecule has 0 bridgehead atoms. The molecule has 8 heteroatoms. The molecule has 2 aromatic carbocycles. The molecular formula is C21H21ClN2O4S. The van der Waals surface area contributed by atoms with Crippen molar-refractivity contribution in [1.82, 2.24) is 4.31 Å². The Bertz CT molecular complexity index is 1180. The Morgan fingerprint density at radius 3 is 2.55 bits per heavy atom. The van der Waals surface area contributed by atoms with Gasteiger partial charge >= 0.3 is 0 Å². The first-order valence-corrected chi connectivity index (χ1v) is 11.3. The van der Waals surface area contributed by atoms with Gasteiger partial charge in [-0.2, -0.15) is 4.31 Å². The summed E-state index contributed by atoms with van der Waals surface area (Å²) in [5.74, 6) is -0.306. The molecule has 0 spiro atoms. The number of para-hydroxylation sites is 1. The molecule has 0 radical (unpaired) electrons. The second kappa shape index (κ2) is 7.82. The van der Waals surface area contributed by atoms with Crippen LogP contribution in [0, 0.1) is 6.92 Å². The van der Waals surface area contributed by atoms with Gasteiger partial charge in [0, 0.05) is 24.0 Å². The lowest BCUT2D eigenvalue weighted by molar-refractivity contribution is 0.0998. The molecule has 29 heavy (non-hydrogen) atoms. The first-order valence-electron chi connectivity index (χ1n) is 9.47. The number of benzene rings is 2. The van der Waals surface area contributed by atoms with Gasteiger partial charge in [0.25, 0.3) is 5.91 Å². The Labute approximate surface area is 174 Å². The Morgan fingerprint density at radius 2 is 1.83 bits per heavy atom. The lowest BCUT2D eigenvalue weighted by atomic mass is 10.1. The number of hydrogen-bond donors (Lipinski definition) is 1. The van der Waals surface area contributed by atoms with Crippen molar-refractivity contribution < 1.29 is 17.6 Å². The van der Waals surface area contributed by atoms with E-state index in [0.29, 0.717) is 40.3 Å². The van der Waals surface area contributed by atoms with E-state index in [-0.39, 0.29) is 10.7 Å². The second-order valence-corrected chi connectivity index (χ2v) is 9.46. The molecule has 6 nitrogen and oxygen atoms in total. The molecule has 1 saturated heterocycles. The lowest BCUT2D eigenvalue weighted by Gasteiger charge is -2.25. The van der Waals surface area contributed by atoms with Gasteiger partial charge in [-0.3, -0.25) is 4.79 Å². The van der Waals surface area contributed by atoms with Crippen molar-refractivity contribution in [3.05, 3.63) is 58.8 Å². The number of nitrogens with zero attached hydrogens (tertiary/aromatic N) is 1. The zero-order valence-electron chi connectivity index (χ0n) is 15.9. The highest BCUT2D eigenvalue weighted by Gasteiger charge is 2.27. The molecule has 1 fully saturated rings. The second-order valence-electron chi connectivity index (χ2n) is 7.11. The first-order chi connectivity index (χ1) is 13.9. The quantitative estimate of drug-likeness (QED) is 0.640. The number of fused-ring (bicyclic) bond motifs is 1. The van der Waals surface area contributed by atoms with Crippen molar-refractivity contribution in [2.45, 2.75) is 31.1 Å². The van der Waals surface area contributed by atoms with Crippen LogP contribution in [0.2, 0.25) is 5.02 Å². The maximum atomic E-state index is 13.0. The molecule has 2 heterocycles. The third kappa shape index (κ3) is 3.77. The molecule has 0 atom stereocenters. The summed E-state index contributed by atoms with van der Waals surface area (Å²) >= 11 is 6.10. The van der Waals surface area contributed by atoms with E-state index in [2.05, 4.69) is 5.32 Å². The van der Waals surface area contributed by atoms with Gasteiger partial charge in [0.2, 0.25) is 10.0 Å². The number of carbonyl (C=O) groups excluding carboxylic acids is 1. The summed E-state index contributed by atoms with van der Waals surface area (Å²) in [6.07, 6.45) is 2.80. The molecule has 1 aromatic heterocycles. The first kappa shape index (κ1) is 19.9.